The number of hydrogen-bond donors (Lipinski definition) is 1. The molecule has 1 N–H and O–H groups in total. The van der Waals surface area contributed by atoms with Gasteiger partial charge in [0.05, 0.1) is 6.04 Å². The molecule has 4 nitrogen and oxygen atoms in total. The third-order valence-corrected chi connectivity index (χ3v) is 7.00. The fourth-order valence-corrected chi connectivity index (χ4v) is 4.96. The van der Waals surface area contributed by atoms with E-state index in [0.29, 0.717) is 31.6 Å². The van der Waals surface area contributed by atoms with Gasteiger partial charge >= 0.3 is 0 Å². The lowest BCUT2D eigenvalue weighted by Crippen LogP contribution is -2.51. The highest BCUT2D eigenvalue weighted by Gasteiger charge is 2.32. The van der Waals surface area contributed by atoms with Crippen LogP contribution in [0.5, 0.6) is 0 Å². The summed E-state index contributed by atoms with van der Waals surface area (Å²) in [6.07, 6.45) is 0.684. The normalized spacial score (nSPS) is 17.4. The van der Waals surface area contributed by atoms with E-state index in [1.54, 1.807) is 6.07 Å². The molecule has 1 unspecified atom stereocenters. The van der Waals surface area contributed by atoms with E-state index in [1.807, 2.05) is 75.0 Å². The zero-order valence-electron chi connectivity index (χ0n) is 21.6. The lowest BCUT2D eigenvalue weighted by atomic mass is 9.78. The number of halogens is 2. The van der Waals surface area contributed by atoms with Crippen molar-refractivity contribution in [2.75, 3.05) is 33.7 Å². The second-order valence-corrected chi connectivity index (χ2v) is 11.8. The average molecular weight is 488 g/mol. The van der Waals surface area contributed by atoms with E-state index < -0.39 is 5.41 Å². The van der Waals surface area contributed by atoms with E-state index in [9.17, 15) is 9.18 Å². The highest BCUT2D eigenvalue weighted by Crippen LogP contribution is 2.35. The van der Waals surface area contributed by atoms with Crippen LogP contribution >= 0.6 is 11.6 Å². The smallest absolute Gasteiger partial charge is 0.228 e. The number of carbonyl (C=O) groups excluding carboxylic acids is 1. The molecule has 0 saturated carbocycles. The second kappa shape index (κ2) is 10.3. The van der Waals surface area contributed by atoms with Gasteiger partial charge in [-0.3, -0.25) is 4.79 Å². The number of amides is 1. The van der Waals surface area contributed by atoms with E-state index in [0.717, 1.165) is 28.3 Å². The van der Waals surface area contributed by atoms with Crippen LogP contribution in [-0.4, -0.2) is 49.4 Å². The maximum absolute atomic E-state index is 14.8. The molecule has 1 saturated heterocycles. The van der Waals surface area contributed by atoms with Crippen molar-refractivity contribution in [3.63, 3.8) is 0 Å². The molecule has 34 heavy (non-hydrogen) atoms. The first-order valence-corrected chi connectivity index (χ1v) is 12.4. The Labute approximate surface area is 209 Å². The Kier molecular flexibility index (Phi) is 8.11. The maximum atomic E-state index is 14.8. The Hall–Kier alpha value is -1.95. The zero-order valence-corrected chi connectivity index (χ0v) is 22.4. The molecule has 1 aliphatic heterocycles. The molecule has 186 valence electrons. The summed E-state index contributed by atoms with van der Waals surface area (Å²) in [5, 5.41) is 4.26. The minimum atomic E-state index is -0.408. The SMILES string of the molecule is CN(C)Cc1ccc(C(C)(C)Cc2cccc(C3CN(C(=O)C(C)(C)C)CCN3)c2Cl)cc1F. The van der Waals surface area contributed by atoms with Crippen molar-refractivity contribution < 1.29 is 9.18 Å². The predicted molar refractivity (Wildman–Crippen MR) is 139 cm³/mol. The fraction of sp³-hybridized carbons (Fsp3) is 0.536. The summed E-state index contributed by atoms with van der Waals surface area (Å²) in [6.45, 7) is 12.7. The Morgan fingerprint density at radius 3 is 2.47 bits per heavy atom. The standard InChI is InChI=1S/C28H39ClFN3O/c1-27(2,3)26(34)33-14-13-31-24(18-33)22-10-8-9-19(25(22)29)16-28(4,5)21-12-11-20(17-32(6)7)23(30)15-21/h8-12,15,24,31H,13-14,16-18H2,1-7H3. The summed E-state index contributed by atoms with van der Waals surface area (Å²) in [4.78, 5) is 16.7. The minimum absolute atomic E-state index is 0.0154. The predicted octanol–water partition coefficient (Wildman–Crippen LogP) is 5.58. The number of nitrogens with zero attached hydrogens (tertiary/aromatic N) is 2. The summed E-state index contributed by atoms with van der Waals surface area (Å²) in [6, 6.07) is 11.7. The number of hydrogen-bond acceptors (Lipinski definition) is 3. The first kappa shape index (κ1) is 26.7. The van der Waals surface area contributed by atoms with Crippen molar-refractivity contribution in [3.8, 4) is 0 Å². The molecule has 0 aliphatic carbocycles. The van der Waals surface area contributed by atoms with Crippen LogP contribution < -0.4 is 5.32 Å². The Morgan fingerprint density at radius 1 is 1.15 bits per heavy atom. The molecule has 1 aliphatic rings. The van der Waals surface area contributed by atoms with Gasteiger partial charge in [0.15, 0.2) is 0 Å². The highest BCUT2D eigenvalue weighted by atomic mass is 35.5. The van der Waals surface area contributed by atoms with Crippen LogP contribution in [0.2, 0.25) is 5.02 Å². The van der Waals surface area contributed by atoms with Crippen LogP contribution in [0, 0.1) is 11.2 Å². The lowest BCUT2D eigenvalue weighted by Gasteiger charge is -2.38. The lowest BCUT2D eigenvalue weighted by molar-refractivity contribution is -0.140. The van der Waals surface area contributed by atoms with Gasteiger partial charge in [-0.05, 0) is 48.7 Å². The highest BCUT2D eigenvalue weighted by molar-refractivity contribution is 6.32. The van der Waals surface area contributed by atoms with E-state index in [4.69, 9.17) is 11.6 Å². The topological polar surface area (TPSA) is 35.6 Å². The van der Waals surface area contributed by atoms with Crippen LogP contribution in [-0.2, 0) is 23.2 Å². The number of rotatable bonds is 6. The molecule has 0 radical (unpaired) electrons. The van der Waals surface area contributed by atoms with Gasteiger partial charge < -0.3 is 15.1 Å². The van der Waals surface area contributed by atoms with Gasteiger partial charge in [-0.1, -0.05) is 76.6 Å². The van der Waals surface area contributed by atoms with Gasteiger partial charge in [0.1, 0.15) is 5.82 Å². The van der Waals surface area contributed by atoms with E-state index in [-0.39, 0.29) is 23.2 Å². The van der Waals surface area contributed by atoms with E-state index in [1.165, 1.54) is 0 Å². The van der Waals surface area contributed by atoms with E-state index >= 15 is 0 Å². The van der Waals surface area contributed by atoms with Crippen molar-refractivity contribution >= 4 is 17.5 Å². The van der Waals surface area contributed by atoms with Crippen LogP contribution in [0.25, 0.3) is 0 Å². The fourth-order valence-electron chi connectivity index (χ4n) is 4.64. The van der Waals surface area contributed by atoms with Gasteiger partial charge in [-0.25, -0.2) is 4.39 Å². The molecule has 1 fully saturated rings. The first-order chi connectivity index (χ1) is 15.8. The van der Waals surface area contributed by atoms with Gasteiger partial charge in [0.2, 0.25) is 5.91 Å². The monoisotopic (exact) mass is 487 g/mol. The molecule has 6 heteroatoms. The number of piperazine rings is 1. The average Bonchev–Trinajstić information content (AvgIpc) is 2.75. The molecule has 3 rings (SSSR count). The molecule has 0 aromatic heterocycles. The second-order valence-electron chi connectivity index (χ2n) is 11.4. The van der Waals surface area contributed by atoms with Crippen molar-refractivity contribution in [3.05, 3.63) is 69.5 Å². The maximum Gasteiger partial charge on any atom is 0.228 e. The van der Waals surface area contributed by atoms with Crippen LogP contribution in [0.15, 0.2) is 36.4 Å². The molecule has 0 spiro atoms. The number of benzene rings is 2. The number of carbonyl (C=O) groups is 1. The summed E-state index contributed by atoms with van der Waals surface area (Å²) in [7, 11) is 3.87. The van der Waals surface area contributed by atoms with Crippen molar-refractivity contribution in [2.24, 2.45) is 5.41 Å². The molecule has 2 aromatic carbocycles. The molecular weight excluding hydrogens is 449 g/mol. The third kappa shape index (κ3) is 6.18. The van der Waals surface area contributed by atoms with E-state index in [2.05, 4.69) is 19.2 Å². The van der Waals surface area contributed by atoms with Gasteiger partial charge in [-0.15, -0.1) is 0 Å². The summed E-state index contributed by atoms with van der Waals surface area (Å²) in [5.74, 6) is -0.0127. The van der Waals surface area contributed by atoms with Crippen LogP contribution in [0.4, 0.5) is 4.39 Å². The molecular formula is C28H39ClFN3O. The van der Waals surface area contributed by atoms with Crippen molar-refractivity contribution in [1.82, 2.24) is 15.1 Å². The van der Waals surface area contributed by atoms with Gasteiger partial charge in [0, 0.05) is 42.2 Å². The third-order valence-electron chi connectivity index (χ3n) is 6.54. The van der Waals surface area contributed by atoms with Crippen LogP contribution in [0.1, 0.15) is 62.9 Å². The summed E-state index contributed by atoms with van der Waals surface area (Å²) < 4.78 is 14.8. The Morgan fingerprint density at radius 2 is 1.85 bits per heavy atom. The van der Waals surface area contributed by atoms with Crippen molar-refractivity contribution in [2.45, 2.75) is 59.0 Å². The van der Waals surface area contributed by atoms with Crippen LogP contribution in [0.3, 0.4) is 0 Å². The molecule has 1 heterocycles. The number of nitrogens with one attached hydrogen (secondary N) is 1. The van der Waals surface area contributed by atoms with Gasteiger partial charge in [0.25, 0.3) is 0 Å². The summed E-state index contributed by atoms with van der Waals surface area (Å²) >= 11 is 6.94. The molecule has 1 atom stereocenters. The molecule has 1 amide bonds. The molecule has 0 bridgehead atoms. The zero-order chi connectivity index (χ0) is 25.3. The molecule has 2 aromatic rings. The quantitative estimate of drug-likeness (QED) is 0.577. The first-order valence-electron chi connectivity index (χ1n) is 12.0. The van der Waals surface area contributed by atoms with Crippen molar-refractivity contribution in [1.29, 1.82) is 0 Å². The Bertz CT molecular complexity index is 1030. The van der Waals surface area contributed by atoms with Gasteiger partial charge in [-0.2, -0.15) is 0 Å². The summed E-state index contributed by atoms with van der Waals surface area (Å²) in [5.41, 5.74) is 2.98. The minimum Gasteiger partial charge on any atom is -0.339 e. The largest absolute Gasteiger partial charge is 0.339 e. The Balaban J connectivity index is 1.82.